The summed E-state index contributed by atoms with van der Waals surface area (Å²) in [6.45, 7) is 0.114. The molecule has 3 aromatic carbocycles. The third kappa shape index (κ3) is 4.77. The number of hydrogen-bond acceptors (Lipinski definition) is 3. The van der Waals surface area contributed by atoms with E-state index < -0.39 is 17.8 Å². The molecule has 162 valence electrons. The number of urea groups is 1. The van der Waals surface area contributed by atoms with E-state index in [9.17, 15) is 14.0 Å². The van der Waals surface area contributed by atoms with Crippen molar-refractivity contribution in [2.24, 2.45) is 0 Å². The van der Waals surface area contributed by atoms with Gasteiger partial charge in [0.15, 0.2) is 5.75 Å². The molecule has 0 spiro atoms. The number of nitrogens with one attached hydrogen (secondary N) is 1. The number of hydrogen-bond donors (Lipinski definition) is 1. The van der Waals surface area contributed by atoms with Crippen LogP contribution >= 0.6 is 23.2 Å². The predicted octanol–water partition coefficient (Wildman–Crippen LogP) is 5.80. The Hall–Kier alpha value is -3.35. The molecule has 0 unspecified atom stereocenters. The van der Waals surface area contributed by atoms with Crippen LogP contribution in [0.3, 0.4) is 0 Å². The first-order valence-corrected chi connectivity index (χ1v) is 10.4. The molecule has 0 aliphatic carbocycles. The lowest BCUT2D eigenvalue weighted by Crippen LogP contribution is -2.30. The fourth-order valence-electron chi connectivity index (χ4n) is 3.21. The zero-order valence-corrected chi connectivity index (χ0v) is 18.2. The Morgan fingerprint density at radius 1 is 0.969 bits per heavy atom. The van der Waals surface area contributed by atoms with Crippen LogP contribution in [0, 0.1) is 5.82 Å². The molecule has 0 aromatic heterocycles. The van der Waals surface area contributed by atoms with Crippen LogP contribution in [0.15, 0.2) is 72.4 Å². The molecule has 1 N–H and O–H groups in total. The Kier molecular flexibility index (Phi) is 6.44. The van der Waals surface area contributed by atoms with Crippen molar-refractivity contribution >= 4 is 41.2 Å². The van der Waals surface area contributed by atoms with Gasteiger partial charge in [-0.3, -0.25) is 9.69 Å². The number of amides is 3. The Morgan fingerprint density at radius 3 is 2.31 bits per heavy atom. The number of nitrogens with zero attached hydrogens (tertiary/aromatic N) is 1. The van der Waals surface area contributed by atoms with Crippen molar-refractivity contribution in [2.75, 3.05) is 0 Å². The fourth-order valence-corrected chi connectivity index (χ4v) is 3.83. The van der Waals surface area contributed by atoms with E-state index >= 15 is 0 Å². The Balaban J connectivity index is 1.51. The molecule has 0 saturated carbocycles. The number of carbonyl (C=O) groups excluding carboxylic acids is 2. The maximum absolute atomic E-state index is 13.8. The topological polar surface area (TPSA) is 58.6 Å². The molecule has 1 aliphatic heterocycles. The molecule has 1 aliphatic rings. The lowest BCUT2D eigenvalue weighted by molar-refractivity contribution is -0.123. The summed E-state index contributed by atoms with van der Waals surface area (Å²) in [5.74, 6) is -0.645. The van der Waals surface area contributed by atoms with Gasteiger partial charge in [0.1, 0.15) is 18.1 Å². The molecule has 3 amide bonds. The summed E-state index contributed by atoms with van der Waals surface area (Å²) >= 11 is 12.6. The minimum absolute atomic E-state index is 0.0461. The van der Waals surface area contributed by atoms with Gasteiger partial charge in [-0.05, 0) is 35.4 Å². The van der Waals surface area contributed by atoms with Gasteiger partial charge in [0, 0.05) is 5.56 Å². The van der Waals surface area contributed by atoms with Gasteiger partial charge in [0.2, 0.25) is 0 Å². The number of carbonyl (C=O) groups is 2. The Labute approximate surface area is 194 Å². The van der Waals surface area contributed by atoms with Crippen molar-refractivity contribution in [3.8, 4) is 5.75 Å². The first-order chi connectivity index (χ1) is 15.4. The molecule has 0 atom stereocenters. The van der Waals surface area contributed by atoms with E-state index in [-0.39, 0.29) is 34.6 Å². The monoisotopic (exact) mass is 470 g/mol. The quantitative estimate of drug-likeness (QED) is 0.365. The highest BCUT2D eigenvalue weighted by Crippen LogP contribution is 2.35. The molecular weight excluding hydrogens is 454 g/mol. The van der Waals surface area contributed by atoms with Crippen molar-refractivity contribution in [1.29, 1.82) is 0 Å². The molecule has 4 rings (SSSR count). The van der Waals surface area contributed by atoms with Crippen molar-refractivity contribution in [3.05, 3.63) is 105 Å². The van der Waals surface area contributed by atoms with Gasteiger partial charge in [0.25, 0.3) is 5.91 Å². The van der Waals surface area contributed by atoms with Gasteiger partial charge in [0.05, 0.1) is 16.6 Å². The van der Waals surface area contributed by atoms with E-state index in [1.165, 1.54) is 12.1 Å². The lowest BCUT2D eigenvalue weighted by atomic mass is 10.1. The number of benzene rings is 3. The van der Waals surface area contributed by atoms with Crippen LogP contribution < -0.4 is 10.1 Å². The summed E-state index contributed by atoms with van der Waals surface area (Å²) in [5, 5.41) is 2.95. The molecule has 1 fully saturated rings. The summed E-state index contributed by atoms with van der Waals surface area (Å²) in [7, 11) is 0. The average molecular weight is 471 g/mol. The molecule has 0 radical (unpaired) electrons. The first kappa shape index (κ1) is 21.9. The number of ether oxygens (including phenoxy) is 1. The van der Waals surface area contributed by atoms with Gasteiger partial charge in [-0.1, -0.05) is 71.7 Å². The van der Waals surface area contributed by atoms with Crippen LogP contribution in [0.4, 0.5) is 9.18 Å². The van der Waals surface area contributed by atoms with Crippen molar-refractivity contribution < 1.29 is 18.7 Å². The molecule has 8 heteroatoms. The predicted molar refractivity (Wildman–Crippen MR) is 121 cm³/mol. The summed E-state index contributed by atoms with van der Waals surface area (Å²) in [6, 6.07) is 18.0. The van der Waals surface area contributed by atoms with E-state index in [4.69, 9.17) is 27.9 Å². The second kappa shape index (κ2) is 9.42. The molecule has 1 saturated heterocycles. The second-order valence-electron chi connectivity index (χ2n) is 7.06. The van der Waals surface area contributed by atoms with E-state index in [1.807, 2.05) is 30.3 Å². The normalized spacial score (nSPS) is 14.7. The SMILES string of the molecule is O=C1N/C(=C/c2cc(Cl)c(OCc3ccccc3F)c(Cl)c2)C(=O)N1Cc1ccccc1. The van der Waals surface area contributed by atoms with Gasteiger partial charge in [-0.2, -0.15) is 0 Å². The van der Waals surface area contributed by atoms with Crippen molar-refractivity contribution in [3.63, 3.8) is 0 Å². The third-order valence-corrected chi connectivity index (χ3v) is 5.37. The van der Waals surface area contributed by atoms with E-state index in [0.29, 0.717) is 11.1 Å². The minimum atomic E-state index is -0.507. The van der Waals surface area contributed by atoms with Gasteiger partial charge >= 0.3 is 6.03 Å². The van der Waals surface area contributed by atoms with Gasteiger partial charge < -0.3 is 10.1 Å². The summed E-state index contributed by atoms with van der Waals surface area (Å²) in [4.78, 5) is 26.1. The van der Waals surface area contributed by atoms with E-state index in [2.05, 4.69) is 5.32 Å². The zero-order chi connectivity index (χ0) is 22.7. The smallest absolute Gasteiger partial charge is 0.329 e. The molecule has 5 nitrogen and oxygen atoms in total. The van der Waals surface area contributed by atoms with Crippen molar-refractivity contribution in [2.45, 2.75) is 13.2 Å². The Bertz CT molecular complexity index is 1190. The lowest BCUT2D eigenvalue weighted by Gasteiger charge is -2.12. The average Bonchev–Trinajstić information content (AvgIpc) is 3.02. The molecular formula is C24H17Cl2FN2O3. The molecule has 32 heavy (non-hydrogen) atoms. The van der Waals surface area contributed by atoms with Crippen LogP contribution in [0.5, 0.6) is 5.75 Å². The fraction of sp³-hybridized carbons (Fsp3) is 0.0833. The molecule has 3 aromatic rings. The maximum Gasteiger partial charge on any atom is 0.329 e. The number of rotatable bonds is 6. The second-order valence-corrected chi connectivity index (χ2v) is 7.87. The van der Waals surface area contributed by atoms with Gasteiger partial charge in [-0.15, -0.1) is 0 Å². The summed E-state index contributed by atoms with van der Waals surface area (Å²) in [6.07, 6.45) is 1.49. The molecule has 0 bridgehead atoms. The third-order valence-electron chi connectivity index (χ3n) is 4.81. The van der Waals surface area contributed by atoms with E-state index in [1.54, 1.807) is 30.3 Å². The maximum atomic E-state index is 13.8. The standard InChI is InChI=1S/C24H17Cl2FN2O3/c25-18-10-16(11-19(26)22(18)32-14-17-8-4-5-9-20(17)27)12-21-23(30)29(24(31)28-21)13-15-6-2-1-3-7-15/h1-12H,13-14H2,(H,28,31)/b21-12+. The Morgan fingerprint density at radius 2 is 1.62 bits per heavy atom. The number of halogens is 3. The first-order valence-electron chi connectivity index (χ1n) is 9.66. The highest BCUT2D eigenvalue weighted by atomic mass is 35.5. The van der Waals surface area contributed by atoms with E-state index in [0.717, 1.165) is 10.5 Å². The van der Waals surface area contributed by atoms with Crippen LogP contribution in [-0.4, -0.2) is 16.8 Å². The zero-order valence-electron chi connectivity index (χ0n) is 16.6. The summed E-state index contributed by atoms with van der Waals surface area (Å²) in [5.41, 5.74) is 1.81. The van der Waals surface area contributed by atoms with Crippen LogP contribution in [0.25, 0.3) is 6.08 Å². The van der Waals surface area contributed by atoms with Crippen LogP contribution in [0.2, 0.25) is 10.0 Å². The van der Waals surface area contributed by atoms with Crippen LogP contribution in [0.1, 0.15) is 16.7 Å². The minimum Gasteiger partial charge on any atom is -0.486 e. The summed E-state index contributed by atoms with van der Waals surface area (Å²) < 4.78 is 19.4. The highest BCUT2D eigenvalue weighted by molar-refractivity contribution is 6.37. The van der Waals surface area contributed by atoms with Crippen LogP contribution in [-0.2, 0) is 17.9 Å². The highest BCUT2D eigenvalue weighted by Gasteiger charge is 2.33. The molecule has 1 heterocycles. The largest absolute Gasteiger partial charge is 0.486 e. The van der Waals surface area contributed by atoms with Gasteiger partial charge in [-0.25, -0.2) is 9.18 Å². The van der Waals surface area contributed by atoms with Crippen molar-refractivity contribution in [1.82, 2.24) is 10.2 Å². The number of imide groups is 1.